The van der Waals surface area contributed by atoms with Gasteiger partial charge in [-0.1, -0.05) is 29.8 Å². The van der Waals surface area contributed by atoms with E-state index in [0.29, 0.717) is 17.1 Å². The molecule has 2 aromatic carbocycles. The number of nitrogens with one attached hydrogen (secondary N) is 2. The first-order valence-corrected chi connectivity index (χ1v) is 7.88. The van der Waals surface area contributed by atoms with E-state index in [1.54, 1.807) is 6.07 Å². The number of anilines is 2. The van der Waals surface area contributed by atoms with Crippen LogP contribution in [0.3, 0.4) is 0 Å². The minimum absolute atomic E-state index is 0.00288. The highest BCUT2D eigenvalue weighted by Gasteiger charge is 2.23. The highest BCUT2D eigenvalue weighted by molar-refractivity contribution is 9.10. The Labute approximate surface area is 136 Å². The summed E-state index contributed by atoms with van der Waals surface area (Å²) in [6.07, 6.45) is 0.456. The highest BCUT2D eigenvalue weighted by Crippen LogP contribution is 2.33. The second-order valence-electron chi connectivity index (χ2n) is 5.05. The van der Waals surface area contributed by atoms with Gasteiger partial charge in [0.2, 0.25) is 5.91 Å². The van der Waals surface area contributed by atoms with Crippen LogP contribution in [0.25, 0.3) is 0 Å². The third kappa shape index (κ3) is 3.22. The van der Waals surface area contributed by atoms with Crippen molar-refractivity contribution in [3.8, 4) is 0 Å². The summed E-state index contributed by atoms with van der Waals surface area (Å²) in [5.74, 6) is 0.212. The van der Waals surface area contributed by atoms with Gasteiger partial charge in [-0.3, -0.25) is 4.79 Å². The smallest absolute Gasteiger partial charge is 0.225 e. The summed E-state index contributed by atoms with van der Waals surface area (Å²) in [7, 11) is 0. The molecule has 2 N–H and O–H groups in total. The van der Waals surface area contributed by atoms with Crippen LogP contribution in [0.1, 0.15) is 17.9 Å². The van der Waals surface area contributed by atoms with Crippen LogP contribution >= 0.6 is 27.5 Å². The number of para-hydroxylation sites is 1. The highest BCUT2D eigenvalue weighted by atomic mass is 79.9. The predicted molar refractivity (Wildman–Crippen MR) is 90.1 cm³/mol. The monoisotopic (exact) mass is 364 g/mol. The molecule has 1 atom stereocenters. The second kappa shape index (κ2) is 6.08. The van der Waals surface area contributed by atoms with Gasteiger partial charge in [0.1, 0.15) is 0 Å². The van der Waals surface area contributed by atoms with Gasteiger partial charge in [-0.2, -0.15) is 0 Å². The number of benzene rings is 2. The normalized spacial score (nSPS) is 16.2. The minimum Gasteiger partial charge on any atom is -0.384 e. The Bertz CT molecular complexity index is 690. The number of carbonyl (C=O) groups excluding carboxylic acids is 1. The van der Waals surface area contributed by atoms with E-state index in [1.807, 2.05) is 30.3 Å². The molecular formula is C16H14BrClN2O. The Hall–Kier alpha value is -1.52. The molecule has 2 aromatic rings. The van der Waals surface area contributed by atoms with E-state index in [-0.39, 0.29) is 11.8 Å². The fourth-order valence-electron chi connectivity index (χ4n) is 2.55. The van der Waals surface area contributed by atoms with Gasteiger partial charge in [0.05, 0.1) is 5.02 Å². The molecule has 5 heteroatoms. The first kappa shape index (κ1) is 14.4. The lowest BCUT2D eigenvalue weighted by molar-refractivity contribution is -0.116. The Morgan fingerprint density at radius 3 is 2.95 bits per heavy atom. The molecule has 0 spiro atoms. The average molecular weight is 366 g/mol. The standard InChI is InChI=1S/C16H14BrClN2O/c17-13-6-5-11(8-14(13)18)20-16(21)7-10-9-19-15-4-2-1-3-12(10)15/h1-6,8,10,19H,7,9H2,(H,20,21). The van der Waals surface area contributed by atoms with Crippen LogP contribution in [0.4, 0.5) is 11.4 Å². The van der Waals surface area contributed by atoms with Crippen LogP contribution in [0, 0.1) is 0 Å². The lowest BCUT2D eigenvalue weighted by Crippen LogP contribution is -2.16. The molecule has 108 valence electrons. The minimum atomic E-state index is -0.00288. The van der Waals surface area contributed by atoms with Gasteiger partial charge >= 0.3 is 0 Å². The molecule has 3 rings (SSSR count). The average Bonchev–Trinajstić information content (AvgIpc) is 2.86. The molecule has 1 aliphatic heterocycles. The third-order valence-corrected chi connectivity index (χ3v) is 4.81. The van der Waals surface area contributed by atoms with E-state index in [2.05, 4.69) is 32.6 Å². The van der Waals surface area contributed by atoms with Gasteiger partial charge in [-0.25, -0.2) is 0 Å². The number of fused-ring (bicyclic) bond motifs is 1. The molecular weight excluding hydrogens is 352 g/mol. The predicted octanol–water partition coefficient (Wildman–Crippen LogP) is 4.64. The van der Waals surface area contributed by atoms with Crippen LogP contribution in [-0.2, 0) is 4.79 Å². The number of hydrogen-bond acceptors (Lipinski definition) is 2. The molecule has 0 fully saturated rings. The van der Waals surface area contributed by atoms with Crippen LogP contribution in [0.2, 0.25) is 5.02 Å². The Kier molecular flexibility index (Phi) is 4.17. The fraction of sp³-hybridized carbons (Fsp3) is 0.188. The van der Waals surface area contributed by atoms with Gasteiger partial charge in [-0.15, -0.1) is 0 Å². The van der Waals surface area contributed by atoms with Crippen molar-refractivity contribution in [2.24, 2.45) is 0 Å². The molecule has 3 nitrogen and oxygen atoms in total. The quantitative estimate of drug-likeness (QED) is 0.832. The summed E-state index contributed by atoms with van der Waals surface area (Å²) in [6, 6.07) is 13.5. The van der Waals surface area contributed by atoms with Gasteiger partial charge in [0.25, 0.3) is 0 Å². The number of rotatable bonds is 3. The zero-order chi connectivity index (χ0) is 14.8. The van der Waals surface area contributed by atoms with Crippen molar-refractivity contribution in [1.29, 1.82) is 0 Å². The lowest BCUT2D eigenvalue weighted by atomic mass is 9.97. The summed E-state index contributed by atoms with van der Waals surface area (Å²) in [4.78, 5) is 12.2. The molecule has 0 aliphatic carbocycles. The first-order chi connectivity index (χ1) is 10.1. The van der Waals surface area contributed by atoms with Gasteiger partial charge in [-0.05, 0) is 45.8 Å². The summed E-state index contributed by atoms with van der Waals surface area (Å²) >= 11 is 9.36. The van der Waals surface area contributed by atoms with E-state index in [0.717, 1.165) is 16.7 Å². The maximum absolute atomic E-state index is 12.2. The molecule has 0 saturated carbocycles. The Balaban J connectivity index is 1.66. The molecule has 1 aliphatic rings. The van der Waals surface area contributed by atoms with Crippen molar-refractivity contribution in [3.63, 3.8) is 0 Å². The first-order valence-electron chi connectivity index (χ1n) is 6.71. The number of halogens is 2. The summed E-state index contributed by atoms with van der Waals surface area (Å²) < 4.78 is 0.816. The van der Waals surface area contributed by atoms with Crippen molar-refractivity contribution in [2.75, 3.05) is 17.2 Å². The molecule has 1 heterocycles. The maximum atomic E-state index is 12.2. The van der Waals surface area contributed by atoms with E-state index in [1.165, 1.54) is 5.56 Å². The molecule has 0 aromatic heterocycles. The molecule has 0 bridgehead atoms. The van der Waals surface area contributed by atoms with Crippen LogP contribution in [0.15, 0.2) is 46.9 Å². The third-order valence-electron chi connectivity index (χ3n) is 3.57. The van der Waals surface area contributed by atoms with Crippen molar-refractivity contribution in [1.82, 2.24) is 0 Å². The van der Waals surface area contributed by atoms with Crippen LogP contribution < -0.4 is 10.6 Å². The number of hydrogen-bond donors (Lipinski definition) is 2. The maximum Gasteiger partial charge on any atom is 0.225 e. The zero-order valence-corrected chi connectivity index (χ0v) is 13.5. The largest absolute Gasteiger partial charge is 0.384 e. The zero-order valence-electron chi connectivity index (χ0n) is 11.2. The van der Waals surface area contributed by atoms with Crippen LogP contribution in [0.5, 0.6) is 0 Å². The molecule has 1 unspecified atom stereocenters. The second-order valence-corrected chi connectivity index (χ2v) is 6.31. The number of carbonyl (C=O) groups is 1. The van der Waals surface area contributed by atoms with Gasteiger partial charge in [0, 0.05) is 34.7 Å². The molecule has 21 heavy (non-hydrogen) atoms. The summed E-state index contributed by atoms with van der Waals surface area (Å²) in [5.41, 5.74) is 3.05. The SMILES string of the molecule is O=C(CC1CNc2ccccc21)Nc1ccc(Br)c(Cl)c1. The molecule has 0 radical (unpaired) electrons. The van der Waals surface area contributed by atoms with E-state index in [4.69, 9.17) is 11.6 Å². The van der Waals surface area contributed by atoms with E-state index in [9.17, 15) is 4.79 Å². The van der Waals surface area contributed by atoms with E-state index >= 15 is 0 Å². The summed E-state index contributed by atoms with van der Waals surface area (Å²) in [6.45, 7) is 0.799. The van der Waals surface area contributed by atoms with Crippen molar-refractivity contribution >= 4 is 44.8 Å². The topological polar surface area (TPSA) is 41.1 Å². The van der Waals surface area contributed by atoms with Gasteiger partial charge in [0.15, 0.2) is 0 Å². The lowest BCUT2D eigenvalue weighted by Gasteiger charge is -2.11. The summed E-state index contributed by atoms with van der Waals surface area (Å²) in [5, 5.41) is 6.81. The van der Waals surface area contributed by atoms with Crippen LogP contribution in [-0.4, -0.2) is 12.5 Å². The molecule has 0 saturated heterocycles. The van der Waals surface area contributed by atoms with Gasteiger partial charge < -0.3 is 10.6 Å². The Morgan fingerprint density at radius 1 is 1.33 bits per heavy atom. The number of amides is 1. The van der Waals surface area contributed by atoms with E-state index < -0.39 is 0 Å². The van der Waals surface area contributed by atoms with Crippen molar-refractivity contribution in [2.45, 2.75) is 12.3 Å². The fourth-order valence-corrected chi connectivity index (χ4v) is 2.98. The van der Waals surface area contributed by atoms with Crippen molar-refractivity contribution < 1.29 is 4.79 Å². The van der Waals surface area contributed by atoms with Crippen molar-refractivity contribution in [3.05, 3.63) is 57.5 Å². The Morgan fingerprint density at radius 2 is 2.14 bits per heavy atom. The molecule has 1 amide bonds.